The lowest BCUT2D eigenvalue weighted by atomic mass is 10.1. The smallest absolute Gasteiger partial charge is 0.220 e. The van der Waals surface area contributed by atoms with E-state index in [9.17, 15) is 13.2 Å². The van der Waals surface area contributed by atoms with E-state index in [-0.39, 0.29) is 23.3 Å². The molecule has 1 saturated heterocycles. The van der Waals surface area contributed by atoms with Crippen LogP contribution in [0.4, 0.5) is 0 Å². The molecular formula is C11H22N2O3S. The summed E-state index contributed by atoms with van der Waals surface area (Å²) in [5.74, 6) is 0.919. The second kappa shape index (κ2) is 6.35. The van der Waals surface area contributed by atoms with Crippen molar-refractivity contribution in [2.75, 3.05) is 24.6 Å². The SMILES string of the molecule is CC(CN)CCC(=O)NCC1CCS(=O)(=O)C1. The molecule has 0 aliphatic carbocycles. The number of carbonyl (C=O) groups is 1. The van der Waals surface area contributed by atoms with E-state index < -0.39 is 9.84 Å². The summed E-state index contributed by atoms with van der Waals surface area (Å²) in [6, 6.07) is 0. The quantitative estimate of drug-likeness (QED) is 0.700. The Morgan fingerprint density at radius 3 is 2.76 bits per heavy atom. The predicted molar refractivity (Wildman–Crippen MR) is 67.2 cm³/mol. The van der Waals surface area contributed by atoms with Gasteiger partial charge in [-0.1, -0.05) is 6.92 Å². The lowest BCUT2D eigenvalue weighted by molar-refractivity contribution is -0.121. The summed E-state index contributed by atoms with van der Waals surface area (Å²) >= 11 is 0. The van der Waals surface area contributed by atoms with E-state index in [0.717, 1.165) is 6.42 Å². The van der Waals surface area contributed by atoms with Gasteiger partial charge in [-0.05, 0) is 31.2 Å². The molecule has 1 heterocycles. The summed E-state index contributed by atoms with van der Waals surface area (Å²) in [5, 5.41) is 2.80. The number of amides is 1. The zero-order chi connectivity index (χ0) is 12.9. The molecule has 5 nitrogen and oxygen atoms in total. The molecule has 1 rings (SSSR count). The third-order valence-electron chi connectivity index (χ3n) is 3.18. The van der Waals surface area contributed by atoms with Crippen molar-refractivity contribution < 1.29 is 13.2 Å². The van der Waals surface area contributed by atoms with Crippen LogP contribution in [0.5, 0.6) is 0 Å². The Bertz CT molecular complexity index is 354. The Labute approximate surface area is 103 Å². The summed E-state index contributed by atoms with van der Waals surface area (Å²) < 4.78 is 22.4. The van der Waals surface area contributed by atoms with Crippen LogP contribution in [0.3, 0.4) is 0 Å². The molecule has 0 aromatic rings. The zero-order valence-electron chi connectivity index (χ0n) is 10.3. The molecule has 1 aliphatic rings. The molecule has 2 atom stereocenters. The first-order valence-corrected chi connectivity index (χ1v) is 7.92. The van der Waals surface area contributed by atoms with Gasteiger partial charge in [0.1, 0.15) is 0 Å². The van der Waals surface area contributed by atoms with Crippen molar-refractivity contribution in [1.82, 2.24) is 5.32 Å². The highest BCUT2D eigenvalue weighted by Crippen LogP contribution is 2.17. The monoisotopic (exact) mass is 262 g/mol. The molecule has 100 valence electrons. The van der Waals surface area contributed by atoms with Crippen LogP contribution in [0.2, 0.25) is 0 Å². The first-order chi connectivity index (χ1) is 7.93. The average molecular weight is 262 g/mol. The number of hydrogen-bond donors (Lipinski definition) is 2. The Morgan fingerprint density at radius 2 is 2.24 bits per heavy atom. The number of sulfone groups is 1. The fourth-order valence-corrected chi connectivity index (χ4v) is 3.74. The third-order valence-corrected chi connectivity index (χ3v) is 5.02. The Balaban J connectivity index is 2.16. The van der Waals surface area contributed by atoms with Gasteiger partial charge in [0.2, 0.25) is 5.91 Å². The van der Waals surface area contributed by atoms with Gasteiger partial charge in [-0.3, -0.25) is 4.79 Å². The number of nitrogens with two attached hydrogens (primary N) is 1. The van der Waals surface area contributed by atoms with Crippen LogP contribution in [-0.4, -0.2) is 38.9 Å². The van der Waals surface area contributed by atoms with Crippen LogP contribution in [0.15, 0.2) is 0 Å². The fraction of sp³-hybridized carbons (Fsp3) is 0.909. The van der Waals surface area contributed by atoms with Crippen molar-refractivity contribution >= 4 is 15.7 Å². The number of nitrogens with one attached hydrogen (secondary N) is 1. The molecule has 0 spiro atoms. The van der Waals surface area contributed by atoms with Gasteiger partial charge in [0.05, 0.1) is 11.5 Å². The van der Waals surface area contributed by atoms with Crippen molar-refractivity contribution in [3.63, 3.8) is 0 Å². The summed E-state index contributed by atoms with van der Waals surface area (Å²) in [6.45, 7) is 3.08. The maximum atomic E-state index is 11.5. The maximum Gasteiger partial charge on any atom is 0.220 e. The average Bonchev–Trinajstić information content (AvgIpc) is 2.63. The minimum absolute atomic E-state index is 0.00500. The highest BCUT2D eigenvalue weighted by atomic mass is 32.2. The Hall–Kier alpha value is -0.620. The fourth-order valence-electron chi connectivity index (χ4n) is 1.87. The van der Waals surface area contributed by atoms with Crippen LogP contribution in [0.25, 0.3) is 0 Å². The Kier molecular flexibility index (Phi) is 5.39. The van der Waals surface area contributed by atoms with Gasteiger partial charge in [-0.25, -0.2) is 8.42 Å². The molecule has 17 heavy (non-hydrogen) atoms. The van der Waals surface area contributed by atoms with Gasteiger partial charge >= 0.3 is 0 Å². The summed E-state index contributed by atoms with van der Waals surface area (Å²) in [7, 11) is -2.84. The molecule has 3 N–H and O–H groups in total. The lowest BCUT2D eigenvalue weighted by Crippen LogP contribution is -2.30. The van der Waals surface area contributed by atoms with Crippen molar-refractivity contribution in [2.45, 2.75) is 26.2 Å². The predicted octanol–water partition coefficient (Wildman–Crippen LogP) is -0.0877. The van der Waals surface area contributed by atoms with E-state index in [1.807, 2.05) is 6.92 Å². The van der Waals surface area contributed by atoms with Gasteiger partial charge in [0.25, 0.3) is 0 Å². The van der Waals surface area contributed by atoms with Crippen LogP contribution >= 0.6 is 0 Å². The van der Waals surface area contributed by atoms with E-state index in [1.54, 1.807) is 0 Å². The van der Waals surface area contributed by atoms with E-state index in [0.29, 0.717) is 31.8 Å². The van der Waals surface area contributed by atoms with Crippen LogP contribution < -0.4 is 11.1 Å². The number of hydrogen-bond acceptors (Lipinski definition) is 4. The number of rotatable bonds is 6. The molecule has 2 unspecified atom stereocenters. The molecule has 1 aliphatic heterocycles. The lowest BCUT2D eigenvalue weighted by Gasteiger charge is -2.11. The van der Waals surface area contributed by atoms with Gasteiger partial charge in [0, 0.05) is 13.0 Å². The highest BCUT2D eigenvalue weighted by Gasteiger charge is 2.27. The minimum atomic E-state index is -2.84. The maximum absolute atomic E-state index is 11.5. The molecule has 0 aromatic heterocycles. The summed E-state index contributed by atoms with van der Waals surface area (Å²) in [6.07, 6.45) is 1.92. The van der Waals surface area contributed by atoms with Gasteiger partial charge in [-0.15, -0.1) is 0 Å². The largest absolute Gasteiger partial charge is 0.356 e. The normalized spacial score (nSPS) is 24.5. The van der Waals surface area contributed by atoms with Crippen molar-refractivity contribution in [2.24, 2.45) is 17.6 Å². The molecular weight excluding hydrogens is 240 g/mol. The van der Waals surface area contributed by atoms with Gasteiger partial charge < -0.3 is 11.1 Å². The van der Waals surface area contributed by atoms with E-state index in [1.165, 1.54) is 0 Å². The van der Waals surface area contributed by atoms with E-state index in [4.69, 9.17) is 5.73 Å². The van der Waals surface area contributed by atoms with Crippen molar-refractivity contribution in [1.29, 1.82) is 0 Å². The second-order valence-corrected chi connectivity index (χ2v) is 7.18. The Morgan fingerprint density at radius 1 is 1.53 bits per heavy atom. The zero-order valence-corrected chi connectivity index (χ0v) is 11.1. The van der Waals surface area contributed by atoms with E-state index in [2.05, 4.69) is 5.32 Å². The molecule has 0 saturated carbocycles. The van der Waals surface area contributed by atoms with Crippen LogP contribution in [0, 0.1) is 11.8 Å². The van der Waals surface area contributed by atoms with Crippen molar-refractivity contribution in [3.8, 4) is 0 Å². The minimum Gasteiger partial charge on any atom is -0.356 e. The summed E-state index contributed by atoms with van der Waals surface area (Å²) in [4.78, 5) is 11.5. The molecule has 1 fully saturated rings. The number of carbonyl (C=O) groups excluding carboxylic acids is 1. The van der Waals surface area contributed by atoms with Crippen LogP contribution in [0.1, 0.15) is 26.2 Å². The molecule has 0 radical (unpaired) electrons. The van der Waals surface area contributed by atoms with Crippen LogP contribution in [-0.2, 0) is 14.6 Å². The standard InChI is InChI=1S/C11H22N2O3S/c1-9(6-12)2-3-11(14)13-7-10-4-5-17(15,16)8-10/h9-10H,2-8,12H2,1H3,(H,13,14). The first kappa shape index (κ1) is 14.4. The third kappa shape index (κ3) is 5.50. The molecule has 0 aromatic carbocycles. The van der Waals surface area contributed by atoms with E-state index >= 15 is 0 Å². The van der Waals surface area contributed by atoms with Gasteiger partial charge in [-0.2, -0.15) is 0 Å². The van der Waals surface area contributed by atoms with Gasteiger partial charge in [0.15, 0.2) is 9.84 Å². The van der Waals surface area contributed by atoms with Crippen molar-refractivity contribution in [3.05, 3.63) is 0 Å². The highest BCUT2D eigenvalue weighted by molar-refractivity contribution is 7.91. The summed E-state index contributed by atoms with van der Waals surface area (Å²) in [5.41, 5.74) is 5.46. The molecule has 6 heteroatoms. The second-order valence-electron chi connectivity index (χ2n) is 4.95. The molecule has 1 amide bonds. The molecule has 0 bridgehead atoms. The first-order valence-electron chi connectivity index (χ1n) is 6.10. The topological polar surface area (TPSA) is 89.3 Å².